The van der Waals surface area contributed by atoms with E-state index in [0.29, 0.717) is 31.3 Å². The quantitative estimate of drug-likeness (QED) is 0.808. The maximum absolute atomic E-state index is 12.2. The van der Waals surface area contributed by atoms with Gasteiger partial charge in [-0.3, -0.25) is 9.59 Å². The molecule has 2 aliphatic rings. The molecule has 1 saturated carbocycles. The molecule has 1 aromatic rings. The molecule has 22 heavy (non-hydrogen) atoms. The maximum Gasteiger partial charge on any atom is 0.281 e. The molecule has 0 N–H and O–H groups in total. The molecular formula is C16H22N2O3S. The number of rotatable bonds is 6. The number of hydrogen-bond donors (Lipinski definition) is 0. The Bertz CT molecular complexity index is 571. The summed E-state index contributed by atoms with van der Waals surface area (Å²) in [7, 11) is 1.78. The summed E-state index contributed by atoms with van der Waals surface area (Å²) in [6.45, 7) is 3.97. The fraction of sp³-hybridized carbons (Fsp3) is 0.625. The molecule has 5 nitrogen and oxygen atoms in total. The molecule has 120 valence electrons. The highest BCUT2D eigenvalue weighted by molar-refractivity contribution is 8.13. The van der Waals surface area contributed by atoms with E-state index in [2.05, 4.69) is 6.92 Å². The Kier molecular flexibility index (Phi) is 4.47. The van der Waals surface area contributed by atoms with Gasteiger partial charge in [0.1, 0.15) is 11.5 Å². The minimum Gasteiger partial charge on any atom is -0.464 e. The molecule has 1 aromatic heterocycles. The molecule has 1 aliphatic heterocycles. The third kappa shape index (κ3) is 3.48. The lowest BCUT2D eigenvalue weighted by molar-refractivity contribution is -0.130. The highest BCUT2D eigenvalue weighted by Crippen LogP contribution is 2.47. The molecule has 1 saturated heterocycles. The van der Waals surface area contributed by atoms with Crippen molar-refractivity contribution >= 4 is 22.9 Å². The van der Waals surface area contributed by atoms with Crippen molar-refractivity contribution in [3.8, 4) is 0 Å². The minimum absolute atomic E-state index is 0.0439. The third-order valence-corrected chi connectivity index (χ3v) is 5.31. The van der Waals surface area contributed by atoms with Crippen LogP contribution in [0.15, 0.2) is 16.5 Å². The second kappa shape index (κ2) is 6.36. The van der Waals surface area contributed by atoms with E-state index in [1.54, 1.807) is 16.8 Å². The Morgan fingerprint density at radius 2 is 2.27 bits per heavy atom. The van der Waals surface area contributed by atoms with Crippen LogP contribution in [0.3, 0.4) is 0 Å². The van der Waals surface area contributed by atoms with Crippen molar-refractivity contribution in [2.24, 2.45) is 5.92 Å². The summed E-state index contributed by atoms with van der Waals surface area (Å²) in [6, 6.07) is 3.99. The van der Waals surface area contributed by atoms with Crippen molar-refractivity contribution in [1.29, 1.82) is 0 Å². The Balaban J connectivity index is 1.46. The number of furan rings is 1. The van der Waals surface area contributed by atoms with Crippen LogP contribution in [0.2, 0.25) is 0 Å². The SMILES string of the molecule is C[C@@H]1C[C@H]1c1ccc(CN(C)C(=O)CCN2CCSC2=O)o1. The third-order valence-electron chi connectivity index (χ3n) is 4.42. The summed E-state index contributed by atoms with van der Waals surface area (Å²) < 4.78 is 5.83. The second-order valence-corrected chi connectivity index (χ2v) is 7.27. The monoisotopic (exact) mass is 322 g/mol. The first-order chi connectivity index (χ1) is 10.5. The van der Waals surface area contributed by atoms with Crippen molar-refractivity contribution in [2.75, 3.05) is 25.9 Å². The zero-order chi connectivity index (χ0) is 15.7. The van der Waals surface area contributed by atoms with Crippen LogP contribution in [0, 0.1) is 5.92 Å². The van der Waals surface area contributed by atoms with Gasteiger partial charge < -0.3 is 14.2 Å². The predicted octanol–water partition coefficient (Wildman–Crippen LogP) is 2.92. The molecule has 3 rings (SSSR count). The first-order valence-corrected chi connectivity index (χ1v) is 8.77. The second-order valence-electron chi connectivity index (χ2n) is 6.22. The maximum atomic E-state index is 12.2. The fourth-order valence-corrected chi connectivity index (χ4v) is 3.62. The van der Waals surface area contributed by atoms with Crippen LogP contribution in [-0.4, -0.2) is 46.8 Å². The molecule has 0 unspecified atom stereocenters. The van der Waals surface area contributed by atoms with Crippen molar-refractivity contribution < 1.29 is 14.0 Å². The van der Waals surface area contributed by atoms with E-state index in [1.165, 1.54) is 18.2 Å². The Morgan fingerprint density at radius 3 is 2.91 bits per heavy atom. The summed E-state index contributed by atoms with van der Waals surface area (Å²) in [4.78, 5) is 27.1. The lowest BCUT2D eigenvalue weighted by atomic mass is 10.3. The van der Waals surface area contributed by atoms with Gasteiger partial charge in [0.2, 0.25) is 5.91 Å². The van der Waals surface area contributed by atoms with Crippen LogP contribution in [-0.2, 0) is 11.3 Å². The molecule has 0 radical (unpaired) electrons. The summed E-state index contributed by atoms with van der Waals surface area (Å²) in [5, 5.41) is 0.0877. The first kappa shape index (κ1) is 15.5. The Morgan fingerprint density at radius 1 is 1.50 bits per heavy atom. The van der Waals surface area contributed by atoms with Crippen LogP contribution in [0.5, 0.6) is 0 Å². The van der Waals surface area contributed by atoms with Crippen LogP contribution in [0.25, 0.3) is 0 Å². The molecule has 6 heteroatoms. The lowest BCUT2D eigenvalue weighted by Crippen LogP contribution is -2.32. The van der Waals surface area contributed by atoms with E-state index >= 15 is 0 Å². The Hall–Kier alpha value is -1.43. The van der Waals surface area contributed by atoms with Crippen LogP contribution < -0.4 is 0 Å². The molecule has 2 amide bonds. The van der Waals surface area contributed by atoms with Crippen molar-refractivity contribution in [3.05, 3.63) is 23.7 Å². The number of carbonyl (C=O) groups excluding carboxylic acids is 2. The van der Waals surface area contributed by atoms with Gasteiger partial charge in [0.05, 0.1) is 6.54 Å². The van der Waals surface area contributed by atoms with Gasteiger partial charge in [-0.1, -0.05) is 18.7 Å². The number of amides is 2. The van der Waals surface area contributed by atoms with E-state index in [1.807, 2.05) is 12.1 Å². The highest BCUT2D eigenvalue weighted by Gasteiger charge is 2.36. The topological polar surface area (TPSA) is 53.8 Å². The zero-order valence-electron chi connectivity index (χ0n) is 13.1. The highest BCUT2D eigenvalue weighted by atomic mass is 32.2. The number of nitrogens with zero attached hydrogens (tertiary/aromatic N) is 2. The molecule has 0 bridgehead atoms. The predicted molar refractivity (Wildman–Crippen MR) is 85.7 cm³/mol. The normalized spacial score (nSPS) is 23.9. The van der Waals surface area contributed by atoms with E-state index < -0.39 is 0 Å². The van der Waals surface area contributed by atoms with Crippen LogP contribution in [0.1, 0.15) is 37.2 Å². The number of carbonyl (C=O) groups is 2. The summed E-state index contributed by atoms with van der Waals surface area (Å²) >= 11 is 1.33. The average Bonchev–Trinajstić information content (AvgIpc) is 2.88. The molecule has 2 atom stereocenters. The summed E-state index contributed by atoms with van der Waals surface area (Å²) in [5.74, 6) is 4.03. The van der Waals surface area contributed by atoms with Crippen molar-refractivity contribution in [2.45, 2.75) is 32.2 Å². The average molecular weight is 322 g/mol. The van der Waals surface area contributed by atoms with Gasteiger partial charge in [0.25, 0.3) is 5.24 Å². The first-order valence-electron chi connectivity index (χ1n) is 7.79. The largest absolute Gasteiger partial charge is 0.464 e. The molecule has 2 fully saturated rings. The minimum atomic E-state index is 0.0439. The van der Waals surface area contributed by atoms with Gasteiger partial charge in [-0.15, -0.1) is 0 Å². The molecule has 0 spiro atoms. The summed E-state index contributed by atoms with van der Waals surface area (Å²) in [5.41, 5.74) is 0. The van der Waals surface area contributed by atoms with Gasteiger partial charge >= 0.3 is 0 Å². The summed E-state index contributed by atoms with van der Waals surface area (Å²) in [6.07, 6.45) is 1.57. The van der Waals surface area contributed by atoms with E-state index in [-0.39, 0.29) is 11.1 Å². The van der Waals surface area contributed by atoms with Gasteiger partial charge in [-0.25, -0.2) is 0 Å². The van der Waals surface area contributed by atoms with Crippen molar-refractivity contribution in [1.82, 2.24) is 9.80 Å². The molecule has 0 aromatic carbocycles. The van der Waals surface area contributed by atoms with Crippen LogP contribution >= 0.6 is 11.8 Å². The van der Waals surface area contributed by atoms with Gasteiger partial charge in [0, 0.05) is 38.2 Å². The van der Waals surface area contributed by atoms with E-state index in [0.717, 1.165) is 23.8 Å². The van der Waals surface area contributed by atoms with E-state index in [4.69, 9.17) is 4.42 Å². The van der Waals surface area contributed by atoms with Gasteiger partial charge in [0.15, 0.2) is 0 Å². The van der Waals surface area contributed by atoms with Crippen LogP contribution in [0.4, 0.5) is 4.79 Å². The molecule has 1 aliphatic carbocycles. The lowest BCUT2D eigenvalue weighted by Gasteiger charge is -2.18. The standard InChI is InChI=1S/C16H22N2O3S/c1-11-9-13(11)14-4-3-12(21-14)10-17(2)15(19)5-6-18-7-8-22-16(18)20/h3-4,11,13H,5-10H2,1-2H3/t11-,13-/m1/s1. The van der Waals surface area contributed by atoms with E-state index in [9.17, 15) is 9.59 Å². The number of thioether (sulfide) groups is 1. The zero-order valence-corrected chi connectivity index (χ0v) is 13.9. The number of hydrogen-bond acceptors (Lipinski definition) is 4. The molecule has 2 heterocycles. The Labute approximate surface area is 135 Å². The molecular weight excluding hydrogens is 300 g/mol. The smallest absolute Gasteiger partial charge is 0.281 e. The van der Waals surface area contributed by atoms with Crippen molar-refractivity contribution in [3.63, 3.8) is 0 Å². The van der Waals surface area contributed by atoms with Gasteiger partial charge in [-0.05, 0) is 24.5 Å². The van der Waals surface area contributed by atoms with Gasteiger partial charge in [-0.2, -0.15) is 0 Å². The fourth-order valence-electron chi connectivity index (χ4n) is 2.77.